The van der Waals surface area contributed by atoms with Crippen molar-refractivity contribution in [1.29, 1.82) is 0 Å². The van der Waals surface area contributed by atoms with Gasteiger partial charge in [0.25, 0.3) is 0 Å². The van der Waals surface area contributed by atoms with Gasteiger partial charge in [-0.25, -0.2) is 0 Å². The van der Waals surface area contributed by atoms with Crippen LogP contribution >= 0.6 is 0 Å². The second-order valence-electron chi connectivity index (χ2n) is 4.62. The average Bonchev–Trinajstić information content (AvgIpc) is 2.32. The fourth-order valence-corrected chi connectivity index (χ4v) is 3.55. The number of ether oxygens (including phenoxy) is 1. The molecule has 1 aliphatic heterocycles. The highest BCUT2D eigenvalue weighted by Gasteiger charge is 2.25. The molecule has 0 radical (unpaired) electrons. The molecule has 1 aromatic rings. The summed E-state index contributed by atoms with van der Waals surface area (Å²) in [5.74, 6) is 1.57. The van der Waals surface area contributed by atoms with E-state index in [1.54, 1.807) is 7.11 Å². The number of hydrogen-bond donors (Lipinski definition) is 1. The van der Waals surface area contributed by atoms with Gasteiger partial charge in [0.15, 0.2) is 0 Å². The van der Waals surface area contributed by atoms with E-state index in [1.807, 2.05) is 18.2 Å². The van der Waals surface area contributed by atoms with Gasteiger partial charge in [0, 0.05) is 22.7 Å². The Labute approximate surface area is 105 Å². The maximum Gasteiger partial charge on any atom is 0.119 e. The fourth-order valence-electron chi connectivity index (χ4n) is 2.20. The third-order valence-electron chi connectivity index (χ3n) is 2.96. The minimum atomic E-state index is -0.856. The lowest BCUT2D eigenvalue weighted by atomic mass is 10.0. The molecule has 0 saturated carbocycles. The monoisotopic (exact) mass is 253 g/mol. The van der Waals surface area contributed by atoms with E-state index in [9.17, 15) is 4.21 Å². The van der Waals surface area contributed by atoms with Crippen molar-refractivity contribution in [3.63, 3.8) is 0 Å². The summed E-state index contributed by atoms with van der Waals surface area (Å²) in [6, 6.07) is 6.53. The van der Waals surface area contributed by atoms with Crippen LogP contribution in [-0.4, -0.2) is 23.1 Å². The SMILES string of the molecule is COc1ccc2c(c1)C(NC(C)C)CCS2=O. The van der Waals surface area contributed by atoms with Gasteiger partial charge in [0.05, 0.1) is 17.9 Å². The molecule has 2 rings (SSSR count). The first kappa shape index (κ1) is 12.6. The lowest BCUT2D eigenvalue weighted by Crippen LogP contribution is -2.32. The molecule has 94 valence electrons. The number of benzene rings is 1. The molecule has 3 nitrogen and oxygen atoms in total. The lowest BCUT2D eigenvalue weighted by molar-refractivity contribution is 0.409. The van der Waals surface area contributed by atoms with E-state index in [0.717, 1.165) is 28.4 Å². The number of methoxy groups -OCH3 is 1. The third kappa shape index (κ3) is 2.69. The Balaban J connectivity index is 2.37. The second-order valence-corrected chi connectivity index (χ2v) is 6.16. The number of hydrogen-bond acceptors (Lipinski definition) is 3. The van der Waals surface area contributed by atoms with Crippen molar-refractivity contribution in [2.75, 3.05) is 12.9 Å². The maximum absolute atomic E-state index is 12.0. The minimum absolute atomic E-state index is 0.290. The first-order chi connectivity index (χ1) is 8.11. The molecule has 0 saturated heterocycles. The van der Waals surface area contributed by atoms with Crippen molar-refractivity contribution in [2.45, 2.75) is 37.2 Å². The zero-order chi connectivity index (χ0) is 12.4. The van der Waals surface area contributed by atoms with Crippen LogP contribution < -0.4 is 10.1 Å². The fraction of sp³-hybridized carbons (Fsp3) is 0.538. The van der Waals surface area contributed by atoms with Crippen molar-refractivity contribution in [3.05, 3.63) is 23.8 Å². The molecule has 1 aromatic carbocycles. The molecule has 1 heterocycles. The summed E-state index contributed by atoms with van der Waals surface area (Å²) >= 11 is 0. The summed E-state index contributed by atoms with van der Waals surface area (Å²) in [6.45, 7) is 4.26. The lowest BCUT2D eigenvalue weighted by Gasteiger charge is -2.28. The first-order valence-corrected chi connectivity index (χ1v) is 7.26. The molecule has 17 heavy (non-hydrogen) atoms. The predicted octanol–water partition coefficient (Wildman–Crippen LogP) is 2.25. The van der Waals surface area contributed by atoms with Crippen LogP contribution in [0, 0.1) is 0 Å². The number of fused-ring (bicyclic) bond motifs is 1. The first-order valence-electron chi connectivity index (χ1n) is 5.94. The normalized spacial score (nSPS) is 23.5. The van der Waals surface area contributed by atoms with Crippen LogP contribution in [0.25, 0.3) is 0 Å². The van der Waals surface area contributed by atoms with Crippen LogP contribution in [0.5, 0.6) is 5.75 Å². The molecule has 0 bridgehead atoms. The van der Waals surface area contributed by atoms with E-state index < -0.39 is 10.8 Å². The molecule has 0 fully saturated rings. The molecule has 2 atom stereocenters. The van der Waals surface area contributed by atoms with Gasteiger partial charge in [-0.2, -0.15) is 0 Å². The van der Waals surface area contributed by atoms with E-state index in [1.165, 1.54) is 0 Å². The topological polar surface area (TPSA) is 38.3 Å². The third-order valence-corrected chi connectivity index (χ3v) is 4.43. The summed E-state index contributed by atoms with van der Waals surface area (Å²) in [4.78, 5) is 0.954. The molecule has 0 aromatic heterocycles. The van der Waals surface area contributed by atoms with Gasteiger partial charge in [0.1, 0.15) is 5.75 Å². The van der Waals surface area contributed by atoms with E-state index in [-0.39, 0.29) is 6.04 Å². The summed E-state index contributed by atoms with van der Waals surface area (Å²) in [6.07, 6.45) is 0.922. The summed E-state index contributed by atoms with van der Waals surface area (Å²) in [7, 11) is 0.803. The molecule has 4 heteroatoms. The van der Waals surface area contributed by atoms with Gasteiger partial charge in [0.2, 0.25) is 0 Å². The van der Waals surface area contributed by atoms with Crippen molar-refractivity contribution in [1.82, 2.24) is 5.32 Å². The van der Waals surface area contributed by atoms with E-state index in [4.69, 9.17) is 4.74 Å². The second kappa shape index (κ2) is 5.19. The molecule has 2 unspecified atom stereocenters. The summed E-state index contributed by atoms with van der Waals surface area (Å²) < 4.78 is 17.2. The van der Waals surface area contributed by atoms with E-state index in [2.05, 4.69) is 19.2 Å². The van der Waals surface area contributed by atoms with Crippen molar-refractivity contribution in [2.24, 2.45) is 0 Å². The highest BCUT2D eigenvalue weighted by molar-refractivity contribution is 7.85. The largest absolute Gasteiger partial charge is 0.497 e. The van der Waals surface area contributed by atoms with Gasteiger partial charge in [-0.3, -0.25) is 4.21 Å². The molecule has 0 amide bonds. The quantitative estimate of drug-likeness (QED) is 0.898. The Hall–Kier alpha value is -0.870. The summed E-state index contributed by atoms with van der Waals surface area (Å²) in [5, 5.41) is 3.52. The zero-order valence-electron chi connectivity index (χ0n) is 10.5. The van der Waals surface area contributed by atoms with Crippen LogP contribution in [0.1, 0.15) is 31.9 Å². The minimum Gasteiger partial charge on any atom is -0.497 e. The van der Waals surface area contributed by atoms with Crippen molar-refractivity contribution >= 4 is 10.8 Å². The van der Waals surface area contributed by atoms with Gasteiger partial charge >= 0.3 is 0 Å². The molecule has 0 aliphatic carbocycles. The average molecular weight is 253 g/mol. The Morgan fingerprint density at radius 2 is 2.24 bits per heavy atom. The van der Waals surface area contributed by atoms with Gasteiger partial charge < -0.3 is 10.1 Å². The van der Waals surface area contributed by atoms with Crippen molar-refractivity contribution in [3.8, 4) is 5.75 Å². The standard InChI is InChI=1S/C13H19NO2S/c1-9(2)14-12-6-7-17(15)13-5-4-10(16-3)8-11(12)13/h4-5,8-9,12,14H,6-7H2,1-3H3. The van der Waals surface area contributed by atoms with Gasteiger partial charge in [-0.05, 0) is 30.2 Å². The Morgan fingerprint density at radius 1 is 1.47 bits per heavy atom. The van der Waals surface area contributed by atoms with Crippen molar-refractivity contribution < 1.29 is 8.95 Å². The maximum atomic E-state index is 12.0. The predicted molar refractivity (Wildman–Crippen MR) is 69.9 cm³/mol. The molecular formula is C13H19NO2S. The van der Waals surface area contributed by atoms with Gasteiger partial charge in [-0.1, -0.05) is 13.8 Å². The Morgan fingerprint density at radius 3 is 2.88 bits per heavy atom. The summed E-state index contributed by atoms with van der Waals surface area (Å²) in [5.41, 5.74) is 1.13. The molecule has 0 spiro atoms. The van der Waals surface area contributed by atoms with E-state index >= 15 is 0 Å². The Kier molecular flexibility index (Phi) is 3.84. The molecular weight excluding hydrogens is 234 g/mol. The van der Waals surface area contributed by atoms with Crippen LogP contribution in [0.3, 0.4) is 0 Å². The zero-order valence-corrected chi connectivity index (χ0v) is 11.3. The molecule has 1 N–H and O–H groups in total. The van der Waals surface area contributed by atoms with Crippen LogP contribution in [0.15, 0.2) is 23.1 Å². The highest BCUT2D eigenvalue weighted by Crippen LogP contribution is 2.33. The number of rotatable bonds is 3. The van der Waals surface area contributed by atoms with Crippen LogP contribution in [0.2, 0.25) is 0 Å². The van der Waals surface area contributed by atoms with Crippen LogP contribution in [0.4, 0.5) is 0 Å². The highest BCUT2D eigenvalue weighted by atomic mass is 32.2. The Bertz CT molecular complexity index is 431. The molecule has 1 aliphatic rings. The smallest absolute Gasteiger partial charge is 0.119 e. The number of nitrogens with one attached hydrogen (secondary N) is 1. The van der Waals surface area contributed by atoms with Gasteiger partial charge in [-0.15, -0.1) is 0 Å². The van der Waals surface area contributed by atoms with E-state index in [0.29, 0.717) is 6.04 Å². The van der Waals surface area contributed by atoms with Crippen LogP contribution in [-0.2, 0) is 10.8 Å².